The van der Waals surface area contributed by atoms with Crippen LogP contribution in [0.3, 0.4) is 0 Å². The fourth-order valence-corrected chi connectivity index (χ4v) is 20.7. The third-order valence-corrected chi connectivity index (χ3v) is 19.0. The molecule has 3 fully saturated rings. The van der Waals surface area contributed by atoms with E-state index >= 15 is 0 Å². The number of hydrogen-bond donors (Lipinski definition) is 0. The summed E-state index contributed by atoms with van der Waals surface area (Å²) in [5.74, 6) is 7.29. The van der Waals surface area contributed by atoms with Gasteiger partial charge >= 0.3 is 0 Å². The van der Waals surface area contributed by atoms with Gasteiger partial charge in [0, 0.05) is 10.5 Å². The normalized spacial score (nSPS) is 53.0. The lowest BCUT2D eigenvalue weighted by Crippen LogP contribution is -2.48. The smallest absolute Gasteiger partial charge is 0.0569 e. The van der Waals surface area contributed by atoms with E-state index in [1.54, 1.807) is 9.81 Å². The van der Waals surface area contributed by atoms with E-state index in [1.807, 2.05) is 0 Å². The van der Waals surface area contributed by atoms with Gasteiger partial charge in [-0.2, -0.15) is 0 Å². The molecule has 0 bridgehead atoms. The molecule has 2 aliphatic heterocycles. The molecule has 0 aromatic carbocycles. The van der Waals surface area contributed by atoms with Gasteiger partial charge in [0.15, 0.2) is 0 Å². The number of hydrogen-bond acceptors (Lipinski definition) is 2. The van der Waals surface area contributed by atoms with E-state index in [1.165, 1.54) is 25.7 Å². The highest BCUT2D eigenvalue weighted by Crippen LogP contribution is 2.69. The van der Waals surface area contributed by atoms with Gasteiger partial charge in [-0.25, -0.2) is 0 Å². The topological polar surface area (TPSA) is 0 Å². The predicted octanol–water partition coefficient (Wildman–Crippen LogP) is 8.61. The van der Waals surface area contributed by atoms with Gasteiger partial charge in [-0.1, -0.05) is 57.7 Å². The molecule has 0 nitrogen and oxygen atoms in total. The van der Waals surface area contributed by atoms with Gasteiger partial charge in [-0.3, -0.25) is 0 Å². The highest BCUT2D eigenvalue weighted by Gasteiger charge is 2.63. The molecule has 11 atom stereocenters. The first kappa shape index (κ1) is 21.7. The quantitative estimate of drug-likeness (QED) is 0.292. The molecule has 6 rings (SSSR count). The maximum absolute atomic E-state index is 2.84. The van der Waals surface area contributed by atoms with Crippen molar-refractivity contribution in [3.63, 3.8) is 0 Å². The van der Waals surface area contributed by atoms with Crippen LogP contribution in [-0.4, -0.2) is 18.6 Å². The van der Waals surface area contributed by atoms with Crippen molar-refractivity contribution in [2.75, 3.05) is 0 Å². The van der Waals surface area contributed by atoms with Crippen LogP contribution in [0.25, 0.3) is 0 Å². The average molecular weight is 471 g/mol. The minimum atomic E-state index is -1.47. The van der Waals surface area contributed by atoms with Crippen LogP contribution in [0.2, 0.25) is 24.2 Å². The maximum atomic E-state index is 2.84. The summed E-state index contributed by atoms with van der Waals surface area (Å²) in [6, 6.07) is 0. The van der Waals surface area contributed by atoms with Gasteiger partial charge in [0.25, 0.3) is 0 Å². The molecule has 0 N–H and O–H groups in total. The molecule has 4 aliphatic carbocycles. The minimum absolute atomic E-state index is 0.815. The van der Waals surface area contributed by atoms with E-state index in [2.05, 4.69) is 88.6 Å². The van der Waals surface area contributed by atoms with Crippen LogP contribution in [-0.2, 0) is 0 Å². The second-order valence-electron chi connectivity index (χ2n) is 12.8. The Morgan fingerprint density at radius 1 is 0.774 bits per heavy atom. The van der Waals surface area contributed by atoms with Crippen molar-refractivity contribution in [1.29, 1.82) is 0 Å². The van der Waals surface area contributed by atoms with E-state index in [-0.39, 0.29) is 0 Å². The molecule has 170 valence electrons. The molecule has 0 saturated heterocycles. The van der Waals surface area contributed by atoms with Crippen molar-refractivity contribution in [3.8, 4) is 0 Å². The van der Waals surface area contributed by atoms with Gasteiger partial charge in [0.05, 0.1) is 8.07 Å². The summed E-state index contributed by atoms with van der Waals surface area (Å²) in [6.07, 6.45) is 16.8. The molecule has 0 spiro atoms. The molecule has 3 saturated carbocycles. The predicted molar refractivity (Wildman–Crippen MR) is 142 cm³/mol. The number of rotatable bonds is 2. The van der Waals surface area contributed by atoms with Crippen LogP contribution >= 0.6 is 23.5 Å². The largest absolute Gasteiger partial charge is 0.127 e. The van der Waals surface area contributed by atoms with Crippen LogP contribution in [0, 0.1) is 47.3 Å². The summed E-state index contributed by atoms with van der Waals surface area (Å²) in [5, 5.41) is 1.74. The SMILES string of the molecule is CC1=CC2C3C=C(C)SC3C([Si](C)(C)C3C(C)CC4C3C=CC3CCC(C)CC34)C2S1. The Kier molecular flexibility index (Phi) is 5.29. The van der Waals surface area contributed by atoms with Crippen LogP contribution in [0.5, 0.6) is 0 Å². The second-order valence-corrected chi connectivity index (χ2v) is 20.7. The van der Waals surface area contributed by atoms with Crippen molar-refractivity contribution >= 4 is 31.6 Å². The maximum Gasteiger partial charge on any atom is 0.0569 e. The Hall–Kier alpha value is 0.137. The highest BCUT2D eigenvalue weighted by atomic mass is 32.2. The number of thioether (sulfide) groups is 2. The molecule has 11 unspecified atom stereocenters. The summed E-state index contributed by atoms with van der Waals surface area (Å²) in [4.78, 5) is 3.22. The van der Waals surface area contributed by atoms with E-state index < -0.39 is 8.07 Å². The van der Waals surface area contributed by atoms with Crippen molar-refractivity contribution in [1.82, 2.24) is 0 Å². The Bertz CT molecular complexity index is 808. The minimum Gasteiger partial charge on any atom is -0.127 e. The first-order valence-corrected chi connectivity index (χ1v) is 18.1. The summed E-state index contributed by atoms with van der Waals surface area (Å²) in [6.45, 7) is 15.6. The average Bonchev–Trinajstić information content (AvgIpc) is 3.40. The zero-order valence-corrected chi connectivity index (χ0v) is 23.0. The number of fused-ring (bicyclic) bond motifs is 6. The zero-order valence-electron chi connectivity index (χ0n) is 20.4. The van der Waals surface area contributed by atoms with Crippen molar-refractivity contribution < 1.29 is 0 Å². The Morgan fingerprint density at radius 3 is 2.06 bits per heavy atom. The fourth-order valence-electron chi connectivity index (χ4n) is 9.72. The van der Waals surface area contributed by atoms with E-state index in [0.717, 1.165) is 68.9 Å². The van der Waals surface area contributed by atoms with E-state index in [9.17, 15) is 0 Å². The molecule has 0 amide bonds. The summed E-state index contributed by atoms with van der Waals surface area (Å²) >= 11 is 4.54. The Labute approximate surface area is 200 Å². The monoisotopic (exact) mass is 470 g/mol. The molecule has 2 heterocycles. The molecule has 0 aromatic heterocycles. The molecular formula is C28H42S2Si. The van der Waals surface area contributed by atoms with Crippen LogP contribution in [0.15, 0.2) is 34.1 Å². The van der Waals surface area contributed by atoms with Crippen LogP contribution < -0.4 is 0 Å². The lowest BCUT2D eigenvalue weighted by atomic mass is 9.63. The molecule has 6 aliphatic rings. The van der Waals surface area contributed by atoms with Crippen LogP contribution in [0.4, 0.5) is 0 Å². The summed E-state index contributed by atoms with van der Waals surface area (Å²) in [5.41, 5.74) is 1.95. The summed E-state index contributed by atoms with van der Waals surface area (Å²) < 4.78 is 0. The van der Waals surface area contributed by atoms with Crippen molar-refractivity contribution in [2.45, 2.75) is 88.1 Å². The first-order valence-electron chi connectivity index (χ1n) is 13.1. The zero-order chi connectivity index (χ0) is 21.7. The molecule has 3 heteroatoms. The molecule has 31 heavy (non-hydrogen) atoms. The highest BCUT2D eigenvalue weighted by molar-refractivity contribution is 8.05. The third-order valence-electron chi connectivity index (χ3n) is 10.6. The van der Waals surface area contributed by atoms with Gasteiger partial charge in [0.1, 0.15) is 0 Å². The number of allylic oxidation sites excluding steroid dienone is 6. The van der Waals surface area contributed by atoms with Gasteiger partial charge < -0.3 is 0 Å². The second kappa shape index (κ2) is 7.57. The Balaban J connectivity index is 1.33. The Morgan fingerprint density at radius 2 is 1.42 bits per heavy atom. The molecular weight excluding hydrogens is 429 g/mol. The van der Waals surface area contributed by atoms with Crippen molar-refractivity contribution in [3.05, 3.63) is 34.1 Å². The standard InChI is InChI=1S/C28H42S2Si/c1-15-7-8-19-9-10-20-22(21(19)11-15)12-16(2)27(20)31(5,6)28-25-23(13-17(3)29-25)24-14-18(4)30-26(24)28/h9-10,13-16,19-28H,7-8,11-12H2,1-6H3. The lowest BCUT2D eigenvalue weighted by molar-refractivity contribution is 0.128. The van der Waals surface area contributed by atoms with Crippen molar-refractivity contribution in [2.24, 2.45) is 47.3 Å². The molecule has 0 aromatic rings. The first-order chi connectivity index (χ1) is 14.8. The van der Waals surface area contributed by atoms with E-state index in [0.29, 0.717) is 0 Å². The van der Waals surface area contributed by atoms with Gasteiger partial charge in [0.2, 0.25) is 0 Å². The third kappa shape index (κ3) is 3.22. The van der Waals surface area contributed by atoms with E-state index in [4.69, 9.17) is 0 Å². The summed E-state index contributed by atoms with van der Waals surface area (Å²) in [7, 11) is -1.47. The fraction of sp³-hybridized carbons (Fsp3) is 0.786. The van der Waals surface area contributed by atoms with Gasteiger partial charge in [-0.05, 0) is 101 Å². The lowest BCUT2D eigenvalue weighted by Gasteiger charge is -2.48. The van der Waals surface area contributed by atoms with Gasteiger partial charge in [-0.15, -0.1) is 23.5 Å². The van der Waals surface area contributed by atoms with Crippen LogP contribution in [0.1, 0.15) is 53.4 Å². The molecule has 0 radical (unpaired) electrons.